The molecule has 0 bridgehead atoms. The van der Waals surface area contributed by atoms with Crippen LogP contribution in [0.1, 0.15) is 0 Å². The quantitative estimate of drug-likeness (QED) is 0.0728. The van der Waals surface area contributed by atoms with Crippen LogP contribution in [-0.4, -0.2) is 34.3 Å². The van der Waals surface area contributed by atoms with Crippen molar-refractivity contribution in [3.63, 3.8) is 0 Å². The molecule has 27 rings (SSSR count). The predicted molar refractivity (Wildman–Crippen MR) is 600 cm³/mol. The van der Waals surface area contributed by atoms with Crippen molar-refractivity contribution in [2.24, 2.45) is 0 Å². The van der Waals surface area contributed by atoms with E-state index in [0.717, 1.165) is 41.3 Å². The lowest BCUT2D eigenvalue weighted by Gasteiger charge is -2.19. The average molecular weight is 1950 g/mol. The minimum Gasteiger partial charge on any atom is -0.423 e. The average Bonchev–Trinajstić information content (AvgIpc) is 0.714. The SMILES string of the molecule is Brc1c2ccccc2c(-c2ccc(-c3c4ccccc4c(Br)c4ccccc34)cc2)c2ccccc12.Brc1c2ccccc2c(-c2ccccc2)c2ccccc12.OB(O)c1cccc2cc3c(ccc4ccccc43)cc12.OB(O)c1cccc2cc3c(ccc4ccccc43)cc12.c1ccc(-c2c3ccccc3c(-c3cccc4cc5c(ccc6ccccc65)cc34)c3ccccc23)cc1. The van der Waals surface area contributed by atoms with Gasteiger partial charge in [-0.2, -0.15) is 0 Å². The molecule has 0 radical (unpaired) electrons. The monoisotopic (exact) mass is 1940 g/mol. The molecular weight excluding hydrogens is 1860 g/mol. The summed E-state index contributed by atoms with van der Waals surface area (Å²) >= 11 is 11.5. The maximum absolute atomic E-state index is 9.52. The third-order valence-corrected chi connectivity index (χ3v) is 29.8. The van der Waals surface area contributed by atoms with Gasteiger partial charge in [0.15, 0.2) is 0 Å². The Morgan fingerprint density at radius 1 is 0.131 bits per heavy atom. The largest absolute Gasteiger partial charge is 0.489 e. The number of fused-ring (bicyclic) bond motifs is 20. The summed E-state index contributed by atoms with van der Waals surface area (Å²) in [5.74, 6) is 0. The van der Waals surface area contributed by atoms with E-state index >= 15 is 0 Å². The first-order chi connectivity index (χ1) is 67.4. The molecule has 0 unspecified atom stereocenters. The van der Waals surface area contributed by atoms with Crippen LogP contribution in [0.4, 0.5) is 0 Å². The van der Waals surface area contributed by atoms with Gasteiger partial charge in [-0.05, 0) is 334 Å². The molecule has 0 aromatic heterocycles. The third-order valence-electron chi connectivity index (χ3n) is 27.2. The summed E-state index contributed by atoms with van der Waals surface area (Å²) in [4.78, 5) is 0. The molecule has 646 valence electrons. The van der Waals surface area contributed by atoms with Gasteiger partial charge in [0.2, 0.25) is 0 Å². The van der Waals surface area contributed by atoms with Gasteiger partial charge >= 0.3 is 14.2 Å². The van der Waals surface area contributed by atoms with Gasteiger partial charge in [-0.15, -0.1) is 0 Å². The number of hydrogen-bond acceptors (Lipinski definition) is 4. The second-order valence-corrected chi connectivity index (χ2v) is 37.4. The number of benzene rings is 27. The molecule has 9 heteroatoms. The second kappa shape index (κ2) is 36.9. The maximum Gasteiger partial charge on any atom is 0.489 e. The molecule has 137 heavy (non-hydrogen) atoms. The lowest BCUT2D eigenvalue weighted by Crippen LogP contribution is -2.30. The molecule has 0 aliphatic rings. The van der Waals surface area contributed by atoms with Crippen LogP contribution in [0, 0.1) is 0 Å². The lowest BCUT2D eigenvalue weighted by atomic mass is 9.77. The Kier molecular flexibility index (Phi) is 23.1. The van der Waals surface area contributed by atoms with E-state index < -0.39 is 14.2 Å². The highest BCUT2D eigenvalue weighted by Gasteiger charge is 2.24. The third kappa shape index (κ3) is 15.8. The fraction of sp³-hybridized carbons (Fsp3) is 0. The minimum atomic E-state index is -1.45. The van der Waals surface area contributed by atoms with E-state index in [9.17, 15) is 20.1 Å². The van der Waals surface area contributed by atoms with Gasteiger partial charge in [0.1, 0.15) is 0 Å². The van der Waals surface area contributed by atoms with Crippen LogP contribution in [0.3, 0.4) is 0 Å². The number of rotatable bonds is 7. The van der Waals surface area contributed by atoms with E-state index in [1.165, 1.54) is 211 Å². The van der Waals surface area contributed by atoms with E-state index in [4.69, 9.17) is 0 Å². The van der Waals surface area contributed by atoms with Crippen molar-refractivity contribution in [1.82, 2.24) is 0 Å². The Morgan fingerprint density at radius 2 is 0.321 bits per heavy atom. The zero-order valence-electron chi connectivity index (χ0n) is 74.2. The van der Waals surface area contributed by atoms with E-state index in [1.807, 2.05) is 60.7 Å². The smallest absolute Gasteiger partial charge is 0.423 e. The Labute approximate surface area is 817 Å². The number of hydrogen-bond donors (Lipinski definition) is 4. The molecule has 0 saturated carbocycles. The van der Waals surface area contributed by atoms with Crippen LogP contribution in [0.5, 0.6) is 0 Å². The number of halogens is 3. The van der Waals surface area contributed by atoms with Crippen molar-refractivity contribution < 1.29 is 20.1 Å². The fourth-order valence-electron chi connectivity index (χ4n) is 21.0. The van der Waals surface area contributed by atoms with Crippen LogP contribution in [0.2, 0.25) is 0 Å². The summed E-state index contributed by atoms with van der Waals surface area (Å²) < 4.78 is 3.48. The van der Waals surface area contributed by atoms with Crippen LogP contribution in [0.25, 0.3) is 239 Å². The van der Waals surface area contributed by atoms with Gasteiger partial charge in [-0.1, -0.05) is 443 Å². The van der Waals surface area contributed by atoms with E-state index in [0.29, 0.717) is 10.9 Å². The van der Waals surface area contributed by atoms with Gasteiger partial charge < -0.3 is 20.1 Å². The van der Waals surface area contributed by atoms with Gasteiger partial charge in [0, 0.05) is 13.4 Å². The van der Waals surface area contributed by atoms with Crippen molar-refractivity contribution in [2.75, 3.05) is 0 Å². The van der Waals surface area contributed by atoms with Gasteiger partial charge in [0.05, 0.1) is 0 Å². The Balaban J connectivity index is 0.0000000988. The van der Waals surface area contributed by atoms with Crippen molar-refractivity contribution in [3.8, 4) is 55.6 Å². The summed E-state index contributed by atoms with van der Waals surface area (Å²) in [5.41, 5.74) is 13.8. The Morgan fingerprint density at radius 3 is 0.606 bits per heavy atom. The molecule has 0 aliphatic heterocycles. The molecule has 4 N–H and O–H groups in total. The highest BCUT2D eigenvalue weighted by atomic mass is 79.9. The maximum atomic E-state index is 9.52. The van der Waals surface area contributed by atoms with Gasteiger partial charge in [-0.25, -0.2) is 0 Å². The van der Waals surface area contributed by atoms with Crippen molar-refractivity contribution in [3.05, 3.63) is 493 Å². The zero-order valence-corrected chi connectivity index (χ0v) is 78.9. The Hall–Kier alpha value is -15.2. The molecule has 0 atom stereocenters. The highest BCUT2D eigenvalue weighted by Crippen LogP contribution is 2.50. The topological polar surface area (TPSA) is 80.9 Å². The molecule has 0 heterocycles. The van der Waals surface area contributed by atoms with Crippen molar-refractivity contribution in [1.29, 1.82) is 0 Å². The van der Waals surface area contributed by atoms with Gasteiger partial charge in [-0.3, -0.25) is 0 Å². The first-order valence-electron chi connectivity index (χ1n) is 46.1. The van der Waals surface area contributed by atoms with Gasteiger partial charge in [0.25, 0.3) is 0 Å². The normalized spacial score (nSPS) is 11.5. The van der Waals surface area contributed by atoms with Crippen LogP contribution in [-0.2, 0) is 0 Å². The molecule has 27 aromatic rings. The van der Waals surface area contributed by atoms with Crippen molar-refractivity contribution >= 4 is 256 Å². The molecular formula is C128H83B2Br3O4. The first kappa shape index (κ1) is 85.9. The first-order valence-corrected chi connectivity index (χ1v) is 48.5. The standard InChI is InChI=1S/C38H24.C34H20Br2.C20H13Br.2C18H13BO2/c1-2-12-26(13-3-1)37-30-16-6-8-18-32(30)38(33-19-9-7-17-31(33)37)34-20-10-14-27-23-35-28(24-36(27)34)22-21-25-11-4-5-15-29(25)35;35-33-27-13-5-1-9-23(27)31(24-10-2-6-14-28(24)33)21-17-19-22(20-18-21)32-25-11-3-7-15-29(25)34(36)30-16-8-4-12-26(30)32;21-20-17-12-6-4-10-15(17)19(14-8-2-1-3-9-14)16-11-5-7-13-18(16)20;2*20-19(21)18-7-3-5-13-10-16-14(11-17(13)18)9-8-12-4-1-2-6-15(12)16/h1-24H;1-20H;1-13H;2*1-11,20-21H. The molecule has 27 aromatic carbocycles. The summed E-state index contributed by atoms with van der Waals surface area (Å²) in [6, 6.07) is 169. The predicted octanol–water partition coefficient (Wildman–Crippen LogP) is 34.0. The summed E-state index contributed by atoms with van der Waals surface area (Å²) in [5, 5.41) is 79.3. The molecule has 0 amide bonds. The van der Waals surface area contributed by atoms with Crippen LogP contribution < -0.4 is 10.9 Å². The van der Waals surface area contributed by atoms with Crippen LogP contribution in [0.15, 0.2) is 493 Å². The van der Waals surface area contributed by atoms with E-state index in [1.54, 1.807) is 12.1 Å². The lowest BCUT2D eigenvalue weighted by molar-refractivity contribution is 0.425. The molecule has 0 spiro atoms. The summed E-state index contributed by atoms with van der Waals surface area (Å²) in [7, 11) is -2.90. The molecule has 0 saturated heterocycles. The molecule has 0 aliphatic carbocycles. The van der Waals surface area contributed by atoms with Crippen molar-refractivity contribution in [2.45, 2.75) is 0 Å². The summed E-state index contributed by atoms with van der Waals surface area (Å²) in [6.45, 7) is 0. The second-order valence-electron chi connectivity index (χ2n) is 35.0. The molecule has 4 nitrogen and oxygen atoms in total. The fourth-order valence-corrected chi connectivity index (χ4v) is 23.0. The van der Waals surface area contributed by atoms with E-state index in [-0.39, 0.29) is 0 Å². The zero-order chi connectivity index (χ0) is 92.3. The van der Waals surface area contributed by atoms with Crippen LogP contribution >= 0.6 is 47.8 Å². The molecule has 0 fully saturated rings. The van der Waals surface area contributed by atoms with E-state index in [2.05, 4.69) is 454 Å². The highest BCUT2D eigenvalue weighted by molar-refractivity contribution is 9.11. The minimum absolute atomic E-state index is 0.544. The Bertz CT molecular complexity index is 8950. The summed E-state index contributed by atoms with van der Waals surface area (Å²) in [6.07, 6.45) is 0.